The van der Waals surface area contributed by atoms with Crippen LogP contribution in [0.15, 0.2) is 6.20 Å². The number of carbonyl (C=O) groups excluding carboxylic acids is 1. The fraction of sp³-hybridized carbons (Fsp3) is 0.857. The summed E-state index contributed by atoms with van der Waals surface area (Å²) in [5.41, 5.74) is 0.993. The first-order valence-electron chi connectivity index (χ1n) is 20.4. The SMILES string of the molecule is CCCCCCCCCC(CCCCCCC)C(=O)Cn1cc(C(CCCCCCC)CCCCCCCCC)nc1C(C#N)C#N. The molecule has 5 nitrogen and oxygen atoms in total. The number of imidazole rings is 1. The molecule has 0 aliphatic carbocycles. The zero-order valence-electron chi connectivity index (χ0n) is 31.5. The molecule has 1 heterocycles. The first-order valence-corrected chi connectivity index (χ1v) is 20.4. The molecule has 0 saturated heterocycles. The molecule has 5 heteroatoms. The molecular formula is C42H74N4O. The van der Waals surface area contributed by atoms with Crippen LogP contribution in [0.1, 0.15) is 231 Å². The Kier molecular flexibility index (Phi) is 27.3. The van der Waals surface area contributed by atoms with Crippen LogP contribution < -0.4 is 0 Å². The van der Waals surface area contributed by atoms with Gasteiger partial charge in [-0.15, -0.1) is 0 Å². The van der Waals surface area contributed by atoms with Gasteiger partial charge in [0, 0.05) is 18.0 Å². The molecule has 0 bridgehead atoms. The average molecular weight is 651 g/mol. The Morgan fingerprint density at radius 1 is 0.596 bits per heavy atom. The number of nitriles is 2. The molecule has 0 amide bonds. The van der Waals surface area contributed by atoms with E-state index in [2.05, 4.69) is 46.0 Å². The van der Waals surface area contributed by atoms with Crippen molar-refractivity contribution in [2.24, 2.45) is 5.92 Å². The van der Waals surface area contributed by atoms with Gasteiger partial charge in [0.25, 0.3) is 0 Å². The standard InChI is InChI=1S/C42H74N4O/c1-5-9-13-17-19-23-26-30-37(29-25-21-15-11-7-3)40-35-46(42(45-40)39(33-43)34-44)36-41(47)38(31-27-22-16-12-8-4)32-28-24-20-18-14-10-6-2/h35,37-39H,5-32,36H2,1-4H3. The highest BCUT2D eigenvalue weighted by Gasteiger charge is 2.26. The fourth-order valence-corrected chi connectivity index (χ4v) is 7.04. The van der Waals surface area contributed by atoms with Crippen LogP contribution in [0.2, 0.25) is 0 Å². The molecule has 47 heavy (non-hydrogen) atoms. The van der Waals surface area contributed by atoms with Crippen LogP contribution in [0.3, 0.4) is 0 Å². The summed E-state index contributed by atoms with van der Waals surface area (Å²) in [5, 5.41) is 19.8. The third-order valence-corrected chi connectivity index (χ3v) is 10.2. The summed E-state index contributed by atoms with van der Waals surface area (Å²) in [6.07, 6.45) is 36.2. The molecule has 1 aromatic heterocycles. The second-order valence-corrected chi connectivity index (χ2v) is 14.4. The molecule has 268 valence electrons. The third-order valence-electron chi connectivity index (χ3n) is 10.2. The van der Waals surface area contributed by atoms with Crippen LogP contribution in [0.5, 0.6) is 0 Å². The molecule has 0 saturated carbocycles. The summed E-state index contributed by atoms with van der Waals surface area (Å²) in [7, 11) is 0. The average Bonchev–Trinajstić information content (AvgIpc) is 3.48. The first-order chi connectivity index (χ1) is 23.1. The Morgan fingerprint density at radius 3 is 1.34 bits per heavy atom. The predicted molar refractivity (Wildman–Crippen MR) is 199 cm³/mol. The molecule has 0 N–H and O–H groups in total. The van der Waals surface area contributed by atoms with Gasteiger partial charge in [-0.3, -0.25) is 4.79 Å². The largest absolute Gasteiger partial charge is 0.325 e. The number of carbonyl (C=O) groups is 1. The predicted octanol–water partition coefficient (Wildman–Crippen LogP) is 13.3. The second-order valence-electron chi connectivity index (χ2n) is 14.4. The lowest BCUT2D eigenvalue weighted by atomic mass is 9.90. The minimum atomic E-state index is -0.948. The van der Waals surface area contributed by atoms with Crippen molar-refractivity contribution >= 4 is 5.78 Å². The topological polar surface area (TPSA) is 82.5 Å². The maximum atomic E-state index is 13.9. The zero-order valence-corrected chi connectivity index (χ0v) is 31.5. The maximum absolute atomic E-state index is 13.9. The van der Waals surface area contributed by atoms with Gasteiger partial charge < -0.3 is 4.57 Å². The number of Topliss-reactive ketones (excluding diaryl/α,β-unsaturated/α-hetero) is 1. The maximum Gasteiger partial charge on any atom is 0.190 e. The number of unbranched alkanes of at least 4 members (excludes halogenated alkanes) is 20. The van der Waals surface area contributed by atoms with E-state index in [1.165, 1.54) is 141 Å². The van der Waals surface area contributed by atoms with Crippen LogP contribution in [0.25, 0.3) is 0 Å². The van der Waals surface area contributed by atoms with E-state index in [-0.39, 0.29) is 18.2 Å². The summed E-state index contributed by atoms with van der Waals surface area (Å²) in [4.78, 5) is 18.9. The van der Waals surface area contributed by atoms with Crippen molar-refractivity contribution in [2.45, 2.75) is 226 Å². The molecule has 0 aromatic carbocycles. The van der Waals surface area contributed by atoms with Gasteiger partial charge in [0.1, 0.15) is 5.82 Å². The van der Waals surface area contributed by atoms with E-state index >= 15 is 0 Å². The monoisotopic (exact) mass is 651 g/mol. The quantitative estimate of drug-likeness (QED) is 0.0709. The Hall–Kier alpha value is -2.14. The highest BCUT2D eigenvalue weighted by Crippen LogP contribution is 2.31. The summed E-state index contributed by atoms with van der Waals surface area (Å²) in [5.74, 6) is 0.162. The van der Waals surface area contributed by atoms with Gasteiger partial charge in [-0.1, -0.05) is 182 Å². The first kappa shape index (κ1) is 42.9. The van der Waals surface area contributed by atoms with Crippen molar-refractivity contribution in [3.63, 3.8) is 0 Å². The van der Waals surface area contributed by atoms with Crippen LogP contribution in [-0.2, 0) is 11.3 Å². The lowest BCUT2D eigenvalue weighted by molar-refractivity contribution is -0.124. The van der Waals surface area contributed by atoms with E-state index in [4.69, 9.17) is 4.98 Å². The van der Waals surface area contributed by atoms with E-state index < -0.39 is 5.92 Å². The van der Waals surface area contributed by atoms with Gasteiger partial charge in [-0.2, -0.15) is 10.5 Å². The number of hydrogen-bond acceptors (Lipinski definition) is 4. The van der Waals surface area contributed by atoms with Crippen molar-refractivity contribution in [1.29, 1.82) is 10.5 Å². The molecule has 2 atom stereocenters. The van der Waals surface area contributed by atoms with E-state index in [0.29, 0.717) is 11.7 Å². The molecule has 1 rings (SSSR count). The lowest BCUT2D eigenvalue weighted by Gasteiger charge is -2.17. The van der Waals surface area contributed by atoms with Gasteiger partial charge in [-0.05, 0) is 25.7 Å². The van der Waals surface area contributed by atoms with Crippen molar-refractivity contribution in [3.05, 3.63) is 17.7 Å². The smallest absolute Gasteiger partial charge is 0.190 e. The lowest BCUT2D eigenvalue weighted by Crippen LogP contribution is -2.22. The minimum absolute atomic E-state index is 0.0515. The minimum Gasteiger partial charge on any atom is -0.325 e. The third kappa shape index (κ3) is 20.1. The fourth-order valence-electron chi connectivity index (χ4n) is 7.04. The van der Waals surface area contributed by atoms with Gasteiger partial charge in [0.15, 0.2) is 11.7 Å². The van der Waals surface area contributed by atoms with E-state index in [9.17, 15) is 15.3 Å². The van der Waals surface area contributed by atoms with Crippen molar-refractivity contribution in [1.82, 2.24) is 9.55 Å². The van der Waals surface area contributed by atoms with Crippen molar-refractivity contribution in [2.75, 3.05) is 0 Å². The molecule has 2 unspecified atom stereocenters. The summed E-state index contributed by atoms with van der Waals surface area (Å²) >= 11 is 0. The number of nitrogens with zero attached hydrogens (tertiary/aromatic N) is 4. The normalized spacial score (nSPS) is 12.7. The Bertz CT molecular complexity index is 956. The summed E-state index contributed by atoms with van der Waals surface area (Å²) in [6.45, 7) is 9.25. The molecular weight excluding hydrogens is 576 g/mol. The number of ketones is 1. The molecule has 1 aromatic rings. The Balaban J connectivity index is 3.07. The van der Waals surface area contributed by atoms with Crippen LogP contribution in [-0.4, -0.2) is 15.3 Å². The number of rotatable bonds is 33. The van der Waals surface area contributed by atoms with Crippen LogP contribution in [0, 0.1) is 28.6 Å². The molecule has 0 radical (unpaired) electrons. The Labute approximate surface area is 291 Å². The van der Waals surface area contributed by atoms with Gasteiger partial charge in [-0.25, -0.2) is 4.98 Å². The van der Waals surface area contributed by atoms with Crippen molar-refractivity contribution in [3.8, 4) is 12.1 Å². The zero-order chi connectivity index (χ0) is 34.4. The number of hydrogen-bond donors (Lipinski definition) is 0. The summed E-state index contributed by atoms with van der Waals surface area (Å²) < 4.78 is 1.90. The van der Waals surface area contributed by atoms with Crippen molar-refractivity contribution < 1.29 is 4.79 Å². The summed E-state index contributed by atoms with van der Waals surface area (Å²) in [6, 6.07) is 4.33. The molecule has 0 spiro atoms. The van der Waals surface area contributed by atoms with Gasteiger partial charge >= 0.3 is 0 Å². The van der Waals surface area contributed by atoms with Crippen LogP contribution in [0.4, 0.5) is 0 Å². The molecule has 0 aliphatic rings. The highest BCUT2D eigenvalue weighted by molar-refractivity contribution is 5.80. The second kappa shape index (κ2) is 30.0. The molecule has 0 aliphatic heterocycles. The van der Waals surface area contributed by atoms with Crippen LogP contribution >= 0.6 is 0 Å². The number of aromatic nitrogens is 2. The van der Waals surface area contributed by atoms with E-state index in [1.807, 2.05) is 4.57 Å². The van der Waals surface area contributed by atoms with E-state index in [0.717, 1.165) is 44.2 Å². The van der Waals surface area contributed by atoms with E-state index in [1.54, 1.807) is 0 Å². The van der Waals surface area contributed by atoms with Gasteiger partial charge in [0.2, 0.25) is 0 Å². The highest BCUT2D eigenvalue weighted by atomic mass is 16.1. The Morgan fingerprint density at radius 2 is 0.957 bits per heavy atom. The molecule has 0 fully saturated rings. The van der Waals surface area contributed by atoms with Gasteiger partial charge in [0.05, 0.1) is 24.4 Å².